The van der Waals surface area contributed by atoms with Crippen molar-refractivity contribution in [1.29, 1.82) is 0 Å². The monoisotopic (exact) mass is 227 g/mol. The molecule has 0 unspecified atom stereocenters. The topological polar surface area (TPSA) is 45.7 Å². The van der Waals surface area contributed by atoms with Gasteiger partial charge >= 0.3 is 0 Å². The van der Waals surface area contributed by atoms with Gasteiger partial charge in [-0.15, -0.1) is 11.3 Å². The van der Waals surface area contributed by atoms with Crippen LogP contribution in [0.2, 0.25) is 0 Å². The van der Waals surface area contributed by atoms with Crippen LogP contribution < -0.4 is 10.6 Å². The second kappa shape index (κ2) is 7.25. The number of guanidine groups is 1. The zero-order chi connectivity index (χ0) is 10.9. The first kappa shape index (κ1) is 12.0. The van der Waals surface area contributed by atoms with Crippen molar-refractivity contribution in [2.24, 2.45) is 4.99 Å². The molecule has 0 spiro atoms. The van der Waals surface area contributed by atoms with Crippen LogP contribution in [0.3, 0.4) is 0 Å². The fraction of sp³-hybridized carbons (Fsp3) is 0.500. The van der Waals surface area contributed by atoms with Gasteiger partial charge in [-0.3, -0.25) is 4.99 Å². The van der Waals surface area contributed by atoms with Gasteiger partial charge in [0.1, 0.15) is 0 Å². The Balaban J connectivity index is 2.23. The van der Waals surface area contributed by atoms with Gasteiger partial charge in [-0.05, 0) is 11.4 Å². The number of rotatable bonds is 5. The van der Waals surface area contributed by atoms with Gasteiger partial charge in [-0.25, -0.2) is 0 Å². The van der Waals surface area contributed by atoms with Crippen molar-refractivity contribution in [3.63, 3.8) is 0 Å². The lowest BCUT2D eigenvalue weighted by molar-refractivity contribution is 0.203. The molecule has 0 aliphatic rings. The molecule has 0 saturated heterocycles. The summed E-state index contributed by atoms with van der Waals surface area (Å²) in [7, 11) is 3.44. The molecule has 0 bridgehead atoms. The molecule has 0 aromatic carbocycles. The second-order valence-electron chi connectivity index (χ2n) is 2.92. The molecule has 0 aliphatic carbocycles. The van der Waals surface area contributed by atoms with Gasteiger partial charge < -0.3 is 15.4 Å². The van der Waals surface area contributed by atoms with E-state index in [0.717, 1.165) is 19.0 Å². The van der Waals surface area contributed by atoms with Gasteiger partial charge in [0.05, 0.1) is 13.2 Å². The van der Waals surface area contributed by atoms with Gasteiger partial charge in [0.25, 0.3) is 0 Å². The van der Waals surface area contributed by atoms with Crippen molar-refractivity contribution >= 4 is 17.3 Å². The van der Waals surface area contributed by atoms with Gasteiger partial charge in [0, 0.05) is 25.6 Å². The molecule has 1 aromatic rings. The SMILES string of the molecule is CN=C(NCCOC)NCc1cccs1. The number of methoxy groups -OCH3 is 1. The van der Waals surface area contributed by atoms with E-state index in [0.29, 0.717) is 6.61 Å². The highest BCUT2D eigenvalue weighted by atomic mass is 32.1. The molecule has 5 heteroatoms. The summed E-state index contributed by atoms with van der Waals surface area (Å²) in [4.78, 5) is 5.40. The Morgan fingerprint density at radius 1 is 1.53 bits per heavy atom. The molecule has 0 amide bonds. The molecule has 84 valence electrons. The van der Waals surface area contributed by atoms with Crippen molar-refractivity contribution in [3.8, 4) is 0 Å². The third-order valence-electron chi connectivity index (χ3n) is 1.83. The van der Waals surface area contributed by atoms with E-state index in [9.17, 15) is 0 Å². The van der Waals surface area contributed by atoms with Gasteiger partial charge in [0.15, 0.2) is 5.96 Å². The molecule has 0 atom stereocenters. The number of nitrogens with one attached hydrogen (secondary N) is 2. The Hall–Kier alpha value is -1.07. The maximum atomic E-state index is 4.94. The Morgan fingerprint density at radius 3 is 3.00 bits per heavy atom. The van der Waals surface area contributed by atoms with E-state index in [1.54, 1.807) is 25.5 Å². The average molecular weight is 227 g/mol. The zero-order valence-electron chi connectivity index (χ0n) is 9.12. The van der Waals surface area contributed by atoms with Crippen molar-refractivity contribution in [2.75, 3.05) is 27.3 Å². The molecule has 1 rings (SSSR count). The minimum absolute atomic E-state index is 0.680. The fourth-order valence-electron chi connectivity index (χ4n) is 1.08. The molecule has 1 aromatic heterocycles. The van der Waals surface area contributed by atoms with Crippen LogP contribution in [-0.4, -0.2) is 33.3 Å². The average Bonchev–Trinajstić information content (AvgIpc) is 2.76. The molecule has 0 radical (unpaired) electrons. The normalized spacial score (nSPS) is 11.5. The summed E-state index contributed by atoms with van der Waals surface area (Å²) in [5.41, 5.74) is 0. The third kappa shape index (κ3) is 4.80. The Labute approximate surface area is 94.4 Å². The van der Waals surface area contributed by atoms with E-state index in [4.69, 9.17) is 4.74 Å². The summed E-state index contributed by atoms with van der Waals surface area (Å²) in [6.45, 7) is 2.25. The number of thiophene rings is 1. The standard InChI is InChI=1S/C10H17N3OS/c1-11-10(12-5-6-14-2)13-8-9-4-3-7-15-9/h3-4,7H,5-6,8H2,1-2H3,(H2,11,12,13). The number of hydrogen-bond donors (Lipinski definition) is 2. The Kier molecular flexibility index (Phi) is 5.80. The lowest BCUT2D eigenvalue weighted by atomic mass is 10.5. The van der Waals surface area contributed by atoms with Crippen LogP contribution in [0.25, 0.3) is 0 Å². The first-order valence-electron chi connectivity index (χ1n) is 4.82. The molecule has 0 saturated carbocycles. The van der Waals surface area contributed by atoms with Crippen LogP contribution in [0, 0.1) is 0 Å². The second-order valence-corrected chi connectivity index (χ2v) is 3.96. The Bertz CT molecular complexity index is 285. The zero-order valence-corrected chi connectivity index (χ0v) is 9.93. The van der Waals surface area contributed by atoms with E-state index in [2.05, 4.69) is 27.1 Å². The maximum Gasteiger partial charge on any atom is 0.191 e. The lowest BCUT2D eigenvalue weighted by Crippen LogP contribution is -2.38. The highest BCUT2D eigenvalue weighted by molar-refractivity contribution is 7.09. The molecule has 1 heterocycles. The summed E-state index contributed by atoms with van der Waals surface area (Å²) in [5, 5.41) is 8.44. The van der Waals surface area contributed by atoms with Crippen LogP contribution in [0.15, 0.2) is 22.5 Å². The number of aliphatic imine (C=N–C) groups is 1. The maximum absolute atomic E-state index is 4.94. The summed E-state index contributed by atoms with van der Waals surface area (Å²) in [5.74, 6) is 0.806. The van der Waals surface area contributed by atoms with Crippen LogP contribution in [0.4, 0.5) is 0 Å². The van der Waals surface area contributed by atoms with E-state index in [1.165, 1.54) is 4.88 Å². The number of ether oxygens (including phenoxy) is 1. The summed E-state index contributed by atoms with van der Waals surface area (Å²) >= 11 is 1.73. The fourth-order valence-corrected chi connectivity index (χ4v) is 1.72. The highest BCUT2D eigenvalue weighted by Gasteiger charge is 1.97. The van der Waals surface area contributed by atoms with Crippen LogP contribution >= 0.6 is 11.3 Å². The molecule has 4 nitrogen and oxygen atoms in total. The van der Waals surface area contributed by atoms with Crippen molar-refractivity contribution in [2.45, 2.75) is 6.54 Å². The van der Waals surface area contributed by atoms with Crippen LogP contribution in [0.5, 0.6) is 0 Å². The quantitative estimate of drug-likeness (QED) is 0.449. The van der Waals surface area contributed by atoms with E-state index in [-0.39, 0.29) is 0 Å². The minimum Gasteiger partial charge on any atom is -0.383 e. The van der Waals surface area contributed by atoms with Crippen molar-refractivity contribution in [3.05, 3.63) is 22.4 Å². The highest BCUT2D eigenvalue weighted by Crippen LogP contribution is 2.06. The molecule has 2 N–H and O–H groups in total. The predicted octanol–water partition coefficient (Wildman–Crippen LogP) is 1.06. The first-order valence-corrected chi connectivity index (χ1v) is 5.70. The van der Waals surface area contributed by atoms with Gasteiger partial charge in [-0.2, -0.15) is 0 Å². The molecular weight excluding hydrogens is 210 g/mol. The van der Waals surface area contributed by atoms with E-state index >= 15 is 0 Å². The molecule has 0 aliphatic heterocycles. The van der Waals surface area contributed by atoms with Crippen molar-refractivity contribution < 1.29 is 4.74 Å². The van der Waals surface area contributed by atoms with Gasteiger partial charge in [0.2, 0.25) is 0 Å². The predicted molar refractivity (Wildman–Crippen MR) is 64.4 cm³/mol. The van der Waals surface area contributed by atoms with Crippen LogP contribution in [-0.2, 0) is 11.3 Å². The summed E-state index contributed by atoms with van der Waals surface area (Å²) in [6.07, 6.45) is 0. The smallest absolute Gasteiger partial charge is 0.191 e. The van der Waals surface area contributed by atoms with E-state index in [1.807, 2.05) is 6.07 Å². The molecule has 0 fully saturated rings. The minimum atomic E-state index is 0.680. The first-order chi connectivity index (χ1) is 7.36. The molecule has 15 heavy (non-hydrogen) atoms. The number of nitrogens with zero attached hydrogens (tertiary/aromatic N) is 1. The Morgan fingerprint density at radius 2 is 2.40 bits per heavy atom. The largest absolute Gasteiger partial charge is 0.383 e. The third-order valence-corrected chi connectivity index (χ3v) is 2.71. The number of hydrogen-bond acceptors (Lipinski definition) is 3. The molecular formula is C10H17N3OS. The summed E-state index contributed by atoms with van der Waals surface area (Å²) in [6, 6.07) is 4.14. The van der Waals surface area contributed by atoms with Gasteiger partial charge in [-0.1, -0.05) is 6.07 Å². The van der Waals surface area contributed by atoms with E-state index < -0.39 is 0 Å². The lowest BCUT2D eigenvalue weighted by Gasteiger charge is -2.10. The van der Waals surface area contributed by atoms with Crippen molar-refractivity contribution in [1.82, 2.24) is 10.6 Å². The van der Waals surface area contributed by atoms with Crippen LogP contribution in [0.1, 0.15) is 4.88 Å². The summed E-state index contributed by atoms with van der Waals surface area (Å²) < 4.78 is 4.94.